The number of hydrogen-bond acceptors (Lipinski definition) is 1. The molecule has 1 heteroatoms. The van der Waals surface area contributed by atoms with E-state index in [4.69, 9.17) is 0 Å². The Morgan fingerprint density at radius 3 is 2.19 bits per heavy atom. The summed E-state index contributed by atoms with van der Waals surface area (Å²) in [6.07, 6.45) is 3.73. The topological polar surface area (TPSA) is 12.0 Å². The van der Waals surface area contributed by atoms with Gasteiger partial charge in [0.2, 0.25) is 0 Å². The second kappa shape index (κ2) is 6.05. The monoisotopic (exact) mass is 219 g/mol. The Labute approximate surface area is 100 Å². The van der Waals surface area contributed by atoms with Gasteiger partial charge in [-0.1, -0.05) is 29.8 Å². The van der Waals surface area contributed by atoms with Gasteiger partial charge in [0, 0.05) is 5.54 Å². The maximum Gasteiger partial charge on any atom is 0.00965 e. The summed E-state index contributed by atoms with van der Waals surface area (Å²) in [5.74, 6) is 0. The average Bonchev–Trinajstić information content (AvgIpc) is 2.19. The van der Waals surface area contributed by atoms with E-state index in [0.717, 1.165) is 6.54 Å². The highest BCUT2D eigenvalue weighted by molar-refractivity contribution is 5.21. The number of hydrogen-bond donors (Lipinski definition) is 1. The fourth-order valence-corrected chi connectivity index (χ4v) is 1.67. The molecule has 90 valence electrons. The Balaban J connectivity index is 2.14. The van der Waals surface area contributed by atoms with Gasteiger partial charge in [0.05, 0.1) is 0 Å². The van der Waals surface area contributed by atoms with Gasteiger partial charge in [-0.15, -0.1) is 0 Å². The van der Waals surface area contributed by atoms with Crippen molar-refractivity contribution in [3.63, 3.8) is 0 Å². The number of aryl methyl sites for hydroxylation is 2. The zero-order chi connectivity index (χ0) is 12.0. The molecule has 1 nitrogen and oxygen atoms in total. The standard InChI is InChI=1S/C15H25N/c1-13-8-10-14(11-9-13)7-5-6-12-16-15(2,3)4/h8-11,16H,5-7,12H2,1-4H3. The minimum Gasteiger partial charge on any atom is -0.312 e. The number of benzene rings is 1. The van der Waals surface area contributed by atoms with Crippen molar-refractivity contribution in [2.24, 2.45) is 0 Å². The molecule has 0 saturated carbocycles. The fourth-order valence-electron chi connectivity index (χ4n) is 1.67. The third-order valence-corrected chi connectivity index (χ3v) is 2.67. The van der Waals surface area contributed by atoms with Gasteiger partial charge in [0.1, 0.15) is 0 Å². The molecule has 0 bridgehead atoms. The first-order valence-corrected chi connectivity index (χ1v) is 6.28. The third-order valence-electron chi connectivity index (χ3n) is 2.67. The molecule has 16 heavy (non-hydrogen) atoms. The van der Waals surface area contributed by atoms with Crippen LogP contribution in [0.5, 0.6) is 0 Å². The second-order valence-corrected chi connectivity index (χ2v) is 5.62. The van der Waals surface area contributed by atoms with Gasteiger partial charge < -0.3 is 5.32 Å². The van der Waals surface area contributed by atoms with Gasteiger partial charge in [0.25, 0.3) is 0 Å². The Bertz CT molecular complexity index is 292. The third kappa shape index (κ3) is 5.92. The average molecular weight is 219 g/mol. The molecule has 0 amide bonds. The van der Waals surface area contributed by atoms with Crippen molar-refractivity contribution in [2.75, 3.05) is 6.54 Å². The molecular weight excluding hydrogens is 194 g/mol. The first-order valence-electron chi connectivity index (χ1n) is 6.28. The molecule has 1 N–H and O–H groups in total. The summed E-state index contributed by atoms with van der Waals surface area (Å²) in [6.45, 7) is 9.90. The largest absolute Gasteiger partial charge is 0.312 e. The van der Waals surface area contributed by atoms with Gasteiger partial charge in [-0.05, 0) is 59.1 Å². The van der Waals surface area contributed by atoms with Crippen LogP contribution in [0.3, 0.4) is 0 Å². The van der Waals surface area contributed by atoms with E-state index >= 15 is 0 Å². The molecule has 1 aromatic carbocycles. The lowest BCUT2D eigenvalue weighted by molar-refractivity contribution is 0.419. The van der Waals surface area contributed by atoms with Gasteiger partial charge in [0.15, 0.2) is 0 Å². The van der Waals surface area contributed by atoms with E-state index < -0.39 is 0 Å². The quantitative estimate of drug-likeness (QED) is 0.744. The van der Waals surface area contributed by atoms with Crippen molar-refractivity contribution >= 4 is 0 Å². The minimum atomic E-state index is 0.254. The molecule has 0 radical (unpaired) electrons. The summed E-state index contributed by atoms with van der Waals surface area (Å²) in [6, 6.07) is 8.88. The molecule has 0 unspecified atom stereocenters. The number of nitrogens with one attached hydrogen (secondary N) is 1. The predicted octanol–water partition coefficient (Wildman–Crippen LogP) is 3.71. The van der Waals surface area contributed by atoms with Crippen LogP contribution < -0.4 is 5.32 Å². The molecular formula is C15H25N. The maximum absolute atomic E-state index is 3.52. The molecule has 0 aliphatic carbocycles. The summed E-state index contributed by atoms with van der Waals surface area (Å²) >= 11 is 0. The zero-order valence-electron chi connectivity index (χ0n) is 11.1. The fraction of sp³-hybridized carbons (Fsp3) is 0.600. The van der Waals surface area contributed by atoms with E-state index in [9.17, 15) is 0 Å². The van der Waals surface area contributed by atoms with Crippen LogP contribution in [0.15, 0.2) is 24.3 Å². The Morgan fingerprint density at radius 1 is 1.00 bits per heavy atom. The summed E-state index contributed by atoms with van der Waals surface area (Å²) in [4.78, 5) is 0. The van der Waals surface area contributed by atoms with Crippen molar-refractivity contribution in [3.05, 3.63) is 35.4 Å². The van der Waals surface area contributed by atoms with E-state index in [1.54, 1.807) is 0 Å². The molecule has 0 aliphatic rings. The maximum atomic E-state index is 3.52. The van der Waals surface area contributed by atoms with Crippen LogP contribution in [0.1, 0.15) is 44.7 Å². The van der Waals surface area contributed by atoms with E-state index in [1.807, 2.05) is 0 Å². The van der Waals surface area contributed by atoms with E-state index in [0.29, 0.717) is 0 Å². The van der Waals surface area contributed by atoms with Crippen molar-refractivity contribution < 1.29 is 0 Å². The molecule has 0 atom stereocenters. The van der Waals surface area contributed by atoms with Gasteiger partial charge >= 0.3 is 0 Å². The van der Waals surface area contributed by atoms with E-state index in [1.165, 1.54) is 30.4 Å². The van der Waals surface area contributed by atoms with Crippen LogP contribution in [0.4, 0.5) is 0 Å². The smallest absolute Gasteiger partial charge is 0.00965 e. The van der Waals surface area contributed by atoms with Crippen LogP contribution in [0.25, 0.3) is 0 Å². The van der Waals surface area contributed by atoms with Crippen molar-refractivity contribution in [2.45, 2.75) is 52.5 Å². The normalized spacial score (nSPS) is 11.8. The Morgan fingerprint density at radius 2 is 1.62 bits per heavy atom. The number of rotatable bonds is 5. The summed E-state index contributed by atoms with van der Waals surface area (Å²) in [5.41, 5.74) is 3.06. The first-order chi connectivity index (χ1) is 7.47. The van der Waals surface area contributed by atoms with Crippen molar-refractivity contribution in [3.8, 4) is 0 Å². The first kappa shape index (κ1) is 13.2. The SMILES string of the molecule is Cc1ccc(CCCCNC(C)(C)C)cc1. The van der Waals surface area contributed by atoms with Crippen LogP contribution >= 0.6 is 0 Å². The number of unbranched alkanes of at least 4 members (excludes halogenated alkanes) is 1. The molecule has 0 heterocycles. The molecule has 0 aromatic heterocycles. The minimum absolute atomic E-state index is 0.254. The molecule has 0 spiro atoms. The van der Waals surface area contributed by atoms with Gasteiger partial charge in [-0.25, -0.2) is 0 Å². The van der Waals surface area contributed by atoms with Crippen LogP contribution in [0, 0.1) is 6.92 Å². The molecule has 1 rings (SSSR count). The molecule has 0 aliphatic heterocycles. The lowest BCUT2D eigenvalue weighted by Gasteiger charge is -2.20. The summed E-state index contributed by atoms with van der Waals surface area (Å²) in [7, 11) is 0. The second-order valence-electron chi connectivity index (χ2n) is 5.62. The lowest BCUT2D eigenvalue weighted by atomic mass is 10.1. The van der Waals surface area contributed by atoms with E-state index in [2.05, 4.69) is 57.3 Å². The highest BCUT2D eigenvalue weighted by atomic mass is 14.9. The van der Waals surface area contributed by atoms with Gasteiger partial charge in [-0.2, -0.15) is 0 Å². The van der Waals surface area contributed by atoms with Crippen LogP contribution in [-0.4, -0.2) is 12.1 Å². The van der Waals surface area contributed by atoms with Crippen molar-refractivity contribution in [1.82, 2.24) is 5.32 Å². The van der Waals surface area contributed by atoms with Crippen molar-refractivity contribution in [1.29, 1.82) is 0 Å². The molecule has 1 aromatic rings. The molecule has 0 saturated heterocycles. The summed E-state index contributed by atoms with van der Waals surface area (Å²) in [5, 5.41) is 3.52. The van der Waals surface area contributed by atoms with E-state index in [-0.39, 0.29) is 5.54 Å². The lowest BCUT2D eigenvalue weighted by Crippen LogP contribution is -2.36. The predicted molar refractivity (Wildman–Crippen MR) is 71.9 cm³/mol. The zero-order valence-corrected chi connectivity index (χ0v) is 11.1. The van der Waals surface area contributed by atoms with Crippen LogP contribution in [-0.2, 0) is 6.42 Å². The van der Waals surface area contributed by atoms with Crippen LogP contribution in [0.2, 0.25) is 0 Å². The van der Waals surface area contributed by atoms with Gasteiger partial charge in [-0.3, -0.25) is 0 Å². The molecule has 0 fully saturated rings. The Hall–Kier alpha value is -0.820. The summed E-state index contributed by atoms with van der Waals surface area (Å²) < 4.78 is 0. The highest BCUT2D eigenvalue weighted by Gasteiger charge is 2.06. The Kier molecular flexibility index (Phi) is 5.01. The highest BCUT2D eigenvalue weighted by Crippen LogP contribution is 2.07.